The maximum Gasteiger partial charge on any atom is 0.573 e. The van der Waals surface area contributed by atoms with Gasteiger partial charge in [-0.2, -0.15) is 13.2 Å². The Labute approximate surface area is 204 Å². The van der Waals surface area contributed by atoms with Gasteiger partial charge in [-0.3, -0.25) is 0 Å². The maximum atomic E-state index is 13.9. The van der Waals surface area contributed by atoms with Crippen LogP contribution < -0.4 is 9.64 Å². The smallest absolute Gasteiger partial charge is 0.489 e. The van der Waals surface area contributed by atoms with Gasteiger partial charge in [0.2, 0.25) is 0 Å². The van der Waals surface area contributed by atoms with Crippen molar-refractivity contribution in [2.75, 3.05) is 18.1 Å². The molecule has 0 saturated carbocycles. The minimum Gasteiger partial charge on any atom is -0.489 e. The van der Waals surface area contributed by atoms with Crippen LogP contribution in [0.4, 0.5) is 45.2 Å². The quantitative estimate of drug-likeness (QED) is 0.360. The van der Waals surface area contributed by atoms with Gasteiger partial charge in [-0.05, 0) is 42.3 Å². The summed E-state index contributed by atoms with van der Waals surface area (Å²) in [5.74, 6) is -6.18. The fourth-order valence-electron chi connectivity index (χ4n) is 4.30. The average molecular weight is 539 g/mol. The summed E-state index contributed by atoms with van der Waals surface area (Å²) in [5, 5.41) is 9.82. The fraction of sp³-hybridized carbons (Fsp3) is 0.333. The van der Waals surface area contributed by atoms with Crippen LogP contribution in [0.5, 0.6) is 5.75 Å². The lowest BCUT2D eigenvalue weighted by molar-refractivity contribution is -0.303. The van der Waals surface area contributed by atoms with Gasteiger partial charge in [0.1, 0.15) is 12.4 Å². The second-order valence-corrected chi connectivity index (χ2v) is 8.41. The predicted molar refractivity (Wildman–Crippen MR) is 113 cm³/mol. The van der Waals surface area contributed by atoms with E-state index in [9.17, 15) is 44.6 Å². The molecule has 1 unspecified atom stereocenters. The Morgan fingerprint density at radius 3 is 2.35 bits per heavy atom. The zero-order chi connectivity index (χ0) is 27.1. The third kappa shape index (κ3) is 5.81. The molecular formula is C24H18F9NO3. The Kier molecular flexibility index (Phi) is 7.10. The van der Waals surface area contributed by atoms with Crippen LogP contribution in [0.3, 0.4) is 0 Å². The molecule has 37 heavy (non-hydrogen) atoms. The zero-order valence-electron chi connectivity index (χ0n) is 18.6. The van der Waals surface area contributed by atoms with E-state index in [4.69, 9.17) is 4.74 Å². The number of β-amino-alcohol motifs (C(OH)–C–C–N with tert-alkyl or cyclic N) is 1. The van der Waals surface area contributed by atoms with E-state index in [0.717, 1.165) is 17.1 Å². The standard InChI is InChI=1S/C24H18F9NO3/c25-16-8-13(9-17(26)21(16)27)15-5-2-6-18-22(15)36-11-19(34(18)10-20(35)23(28,29)30)12-3-1-4-14(7-12)37-24(31,32)33/h1-2,4-9,12,19-20,35H,3,10-11H2/t12-,19?,20+/m0/s1. The number of para-hydroxylation sites is 1. The predicted octanol–water partition coefficient (Wildman–Crippen LogP) is 6.26. The van der Waals surface area contributed by atoms with Crippen LogP contribution in [0.25, 0.3) is 11.1 Å². The maximum absolute atomic E-state index is 13.9. The highest BCUT2D eigenvalue weighted by Crippen LogP contribution is 2.45. The number of nitrogens with zero attached hydrogens (tertiary/aromatic N) is 1. The van der Waals surface area contributed by atoms with E-state index in [0.29, 0.717) is 12.1 Å². The number of benzene rings is 2. The normalized spacial score (nSPS) is 20.7. The van der Waals surface area contributed by atoms with Crippen LogP contribution in [0.1, 0.15) is 6.42 Å². The van der Waals surface area contributed by atoms with Crippen LogP contribution in [0.15, 0.2) is 54.3 Å². The van der Waals surface area contributed by atoms with Crippen molar-refractivity contribution in [2.24, 2.45) is 5.92 Å². The largest absolute Gasteiger partial charge is 0.573 e. The Bertz CT molecular complexity index is 1200. The summed E-state index contributed by atoms with van der Waals surface area (Å²) in [6.45, 7) is -1.36. The van der Waals surface area contributed by atoms with Gasteiger partial charge >= 0.3 is 12.5 Å². The molecule has 2 aliphatic rings. The number of hydrogen-bond acceptors (Lipinski definition) is 4. The summed E-state index contributed by atoms with van der Waals surface area (Å²) in [6, 6.07) is 4.42. The molecule has 13 heteroatoms. The summed E-state index contributed by atoms with van der Waals surface area (Å²) in [7, 11) is 0. The van der Waals surface area contributed by atoms with Gasteiger partial charge in [0, 0.05) is 11.5 Å². The third-order valence-electron chi connectivity index (χ3n) is 5.94. The molecule has 0 saturated heterocycles. The molecule has 3 atom stereocenters. The SMILES string of the molecule is O[C@H](CN1c2cccc(-c3cc(F)c(F)c(F)c3)c2OCC1[C@@H]1C=C(OC(F)(F)F)C=CC1)C(F)(F)F. The minimum atomic E-state index is -5.02. The molecule has 1 aliphatic heterocycles. The lowest BCUT2D eigenvalue weighted by Crippen LogP contribution is -2.52. The highest BCUT2D eigenvalue weighted by Gasteiger charge is 2.43. The lowest BCUT2D eigenvalue weighted by Gasteiger charge is -2.43. The van der Waals surface area contributed by atoms with Gasteiger partial charge in [-0.1, -0.05) is 18.2 Å². The fourth-order valence-corrected chi connectivity index (χ4v) is 4.30. The van der Waals surface area contributed by atoms with Gasteiger partial charge in [0.25, 0.3) is 0 Å². The average Bonchev–Trinajstić information content (AvgIpc) is 2.80. The molecule has 200 valence electrons. The Morgan fingerprint density at radius 2 is 1.73 bits per heavy atom. The summed E-state index contributed by atoms with van der Waals surface area (Å²) < 4.78 is 129. The van der Waals surface area contributed by atoms with Crippen molar-refractivity contribution in [2.45, 2.75) is 31.1 Å². The summed E-state index contributed by atoms with van der Waals surface area (Å²) in [6.07, 6.45) is -9.17. The first-order chi connectivity index (χ1) is 17.2. The number of allylic oxidation sites excluding steroid dienone is 2. The van der Waals surface area contributed by atoms with Crippen molar-refractivity contribution in [1.82, 2.24) is 0 Å². The summed E-state index contributed by atoms with van der Waals surface area (Å²) >= 11 is 0. The minimum absolute atomic E-state index is 0.0107. The number of aliphatic hydroxyl groups is 1. The van der Waals surface area contributed by atoms with Crippen molar-refractivity contribution in [1.29, 1.82) is 0 Å². The van der Waals surface area contributed by atoms with Crippen LogP contribution in [0.2, 0.25) is 0 Å². The molecule has 2 aromatic carbocycles. The number of alkyl halides is 6. The molecule has 0 aromatic heterocycles. The monoisotopic (exact) mass is 539 g/mol. The molecule has 0 amide bonds. The first-order valence-electron chi connectivity index (χ1n) is 10.8. The highest BCUT2D eigenvalue weighted by atomic mass is 19.4. The molecule has 1 N–H and O–H groups in total. The van der Waals surface area contributed by atoms with E-state index in [2.05, 4.69) is 4.74 Å². The van der Waals surface area contributed by atoms with Gasteiger partial charge < -0.3 is 19.5 Å². The van der Waals surface area contributed by atoms with Gasteiger partial charge in [-0.25, -0.2) is 13.2 Å². The number of halogens is 9. The zero-order valence-corrected chi connectivity index (χ0v) is 18.6. The third-order valence-corrected chi connectivity index (χ3v) is 5.94. The molecule has 4 nitrogen and oxygen atoms in total. The number of anilines is 1. The molecule has 0 radical (unpaired) electrons. The van der Waals surface area contributed by atoms with E-state index in [1.54, 1.807) is 0 Å². The topological polar surface area (TPSA) is 41.9 Å². The number of hydrogen-bond donors (Lipinski definition) is 1. The number of ether oxygens (including phenoxy) is 2. The van der Waals surface area contributed by atoms with Crippen LogP contribution in [-0.4, -0.2) is 42.9 Å². The van der Waals surface area contributed by atoms with Crippen molar-refractivity contribution < 1.29 is 54.1 Å². The first-order valence-corrected chi connectivity index (χ1v) is 10.8. The van der Waals surface area contributed by atoms with E-state index in [-0.39, 0.29) is 35.6 Å². The second-order valence-electron chi connectivity index (χ2n) is 8.41. The Balaban J connectivity index is 1.76. The van der Waals surface area contributed by atoms with E-state index >= 15 is 0 Å². The van der Waals surface area contributed by atoms with Gasteiger partial charge in [-0.15, -0.1) is 13.2 Å². The van der Waals surface area contributed by atoms with Crippen molar-refractivity contribution >= 4 is 5.69 Å². The van der Waals surface area contributed by atoms with Crippen molar-refractivity contribution in [3.8, 4) is 16.9 Å². The van der Waals surface area contributed by atoms with Crippen molar-refractivity contribution in [3.05, 3.63) is 71.8 Å². The van der Waals surface area contributed by atoms with E-state index in [1.165, 1.54) is 24.3 Å². The Hall–Kier alpha value is -3.35. The molecule has 1 heterocycles. The van der Waals surface area contributed by atoms with Gasteiger partial charge in [0.15, 0.2) is 29.3 Å². The Morgan fingerprint density at radius 1 is 1.05 bits per heavy atom. The highest BCUT2D eigenvalue weighted by molar-refractivity contribution is 5.80. The second kappa shape index (κ2) is 9.84. The number of rotatable bonds is 5. The van der Waals surface area contributed by atoms with Gasteiger partial charge in [0.05, 0.1) is 18.3 Å². The molecule has 0 spiro atoms. The van der Waals surface area contributed by atoms with Crippen LogP contribution >= 0.6 is 0 Å². The lowest BCUT2D eigenvalue weighted by atomic mass is 9.89. The van der Waals surface area contributed by atoms with Crippen molar-refractivity contribution in [3.63, 3.8) is 0 Å². The van der Waals surface area contributed by atoms with E-state index in [1.807, 2.05) is 0 Å². The van der Waals surface area contributed by atoms with Crippen LogP contribution in [-0.2, 0) is 4.74 Å². The molecular weight excluding hydrogens is 521 g/mol. The van der Waals surface area contributed by atoms with E-state index < -0.39 is 60.4 Å². The first kappa shape index (κ1) is 26.7. The molecule has 1 aliphatic carbocycles. The number of fused-ring (bicyclic) bond motifs is 1. The summed E-state index contributed by atoms with van der Waals surface area (Å²) in [4.78, 5) is 1.13. The molecule has 4 rings (SSSR count). The summed E-state index contributed by atoms with van der Waals surface area (Å²) in [5.41, 5.74) is -0.145. The molecule has 0 fully saturated rings. The molecule has 0 bridgehead atoms. The van der Waals surface area contributed by atoms with Crippen LogP contribution in [0, 0.1) is 23.4 Å². The number of aliphatic hydroxyl groups excluding tert-OH is 1. The molecule has 2 aromatic rings.